The van der Waals surface area contributed by atoms with Crippen LogP contribution in [0.1, 0.15) is 29.3 Å². The molecule has 2 amide bonds. The Hall–Kier alpha value is -2.97. The third-order valence-electron chi connectivity index (χ3n) is 3.24. The van der Waals surface area contributed by atoms with Crippen LogP contribution in [0.3, 0.4) is 0 Å². The second-order valence-electron chi connectivity index (χ2n) is 5.45. The zero-order valence-electron chi connectivity index (χ0n) is 13.4. The summed E-state index contributed by atoms with van der Waals surface area (Å²) in [5.41, 5.74) is 0.474. The molecule has 0 heterocycles. The molecule has 1 atom stereocenters. The number of hydrogen-bond donors (Lipinski definition) is 3. The summed E-state index contributed by atoms with van der Waals surface area (Å²) < 4.78 is 0. The van der Waals surface area contributed by atoms with E-state index in [2.05, 4.69) is 10.6 Å². The lowest BCUT2D eigenvalue weighted by molar-refractivity contribution is -0.385. The summed E-state index contributed by atoms with van der Waals surface area (Å²) in [7, 11) is 0. The van der Waals surface area contributed by atoms with Crippen LogP contribution in [0.4, 0.5) is 5.69 Å². The van der Waals surface area contributed by atoms with Crippen molar-refractivity contribution in [2.24, 2.45) is 5.92 Å². The standard InChI is InChI=1S/C15H19N3O6/c1-9(5-14(20)21)7-16-13(19)8-17-15(22)11-3-4-12(18(23)24)10(2)6-11/h3-4,6,9H,5,7-8H2,1-2H3,(H,16,19)(H,17,22)(H,20,21). The van der Waals surface area contributed by atoms with E-state index in [4.69, 9.17) is 5.11 Å². The van der Waals surface area contributed by atoms with Crippen LogP contribution in [0, 0.1) is 23.0 Å². The normalized spacial score (nSPS) is 11.4. The molecular weight excluding hydrogens is 318 g/mol. The van der Waals surface area contributed by atoms with Gasteiger partial charge in [-0.2, -0.15) is 0 Å². The third kappa shape index (κ3) is 6.03. The predicted molar refractivity (Wildman–Crippen MR) is 84.6 cm³/mol. The molecule has 1 unspecified atom stereocenters. The van der Waals surface area contributed by atoms with Crippen molar-refractivity contribution < 1.29 is 24.4 Å². The molecule has 130 valence electrons. The van der Waals surface area contributed by atoms with E-state index in [0.29, 0.717) is 5.56 Å². The summed E-state index contributed by atoms with van der Waals surface area (Å²) in [6.45, 7) is 3.13. The van der Waals surface area contributed by atoms with Gasteiger partial charge in [0.15, 0.2) is 0 Å². The van der Waals surface area contributed by atoms with Crippen molar-refractivity contribution in [2.75, 3.05) is 13.1 Å². The summed E-state index contributed by atoms with van der Waals surface area (Å²) >= 11 is 0. The average Bonchev–Trinajstić information content (AvgIpc) is 2.49. The number of nitrogens with one attached hydrogen (secondary N) is 2. The summed E-state index contributed by atoms with van der Waals surface area (Å²) in [5.74, 6) is -2.14. The number of nitro benzene ring substituents is 1. The maximum absolute atomic E-state index is 11.9. The smallest absolute Gasteiger partial charge is 0.303 e. The molecule has 24 heavy (non-hydrogen) atoms. The zero-order chi connectivity index (χ0) is 18.3. The number of nitro groups is 1. The van der Waals surface area contributed by atoms with E-state index in [1.807, 2.05) is 0 Å². The minimum Gasteiger partial charge on any atom is -0.481 e. The van der Waals surface area contributed by atoms with Crippen molar-refractivity contribution in [3.05, 3.63) is 39.4 Å². The molecule has 0 aromatic heterocycles. The highest BCUT2D eigenvalue weighted by molar-refractivity contribution is 5.96. The predicted octanol–water partition coefficient (Wildman–Crippen LogP) is 0.860. The molecule has 0 bridgehead atoms. The molecule has 1 aromatic carbocycles. The largest absolute Gasteiger partial charge is 0.481 e. The molecule has 3 N–H and O–H groups in total. The van der Waals surface area contributed by atoms with Gasteiger partial charge in [0.2, 0.25) is 5.91 Å². The fourth-order valence-corrected chi connectivity index (χ4v) is 1.99. The van der Waals surface area contributed by atoms with Crippen LogP contribution in [-0.2, 0) is 9.59 Å². The van der Waals surface area contributed by atoms with Crippen LogP contribution < -0.4 is 10.6 Å². The van der Waals surface area contributed by atoms with Gasteiger partial charge in [-0.1, -0.05) is 6.92 Å². The number of rotatable bonds is 8. The molecule has 0 aliphatic heterocycles. The third-order valence-corrected chi connectivity index (χ3v) is 3.24. The van der Waals surface area contributed by atoms with E-state index in [-0.39, 0.29) is 36.7 Å². The Balaban J connectivity index is 2.48. The highest BCUT2D eigenvalue weighted by atomic mass is 16.6. The number of carbonyl (C=O) groups excluding carboxylic acids is 2. The van der Waals surface area contributed by atoms with Gasteiger partial charge in [-0.3, -0.25) is 24.5 Å². The molecule has 9 nitrogen and oxygen atoms in total. The van der Waals surface area contributed by atoms with Gasteiger partial charge < -0.3 is 15.7 Å². The zero-order valence-corrected chi connectivity index (χ0v) is 13.4. The van der Waals surface area contributed by atoms with Gasteiger partial charge in [0.25, 0.3) is 11.6 Å². The van der Waals surface area contributed by atoms with Gasteiger partial charge in [-0.15, -0.1) is 0 Å². The highest BCUT2D eigenvalue weighted by Gasteiger charge is 2.15. The number of carbonyl (C=O) groups is 3. The molecule has 0 fully saturated rings. The van der Waals surface area contributed by atoms with Gasteiger partial charge in [-0.25, -0.2) is 0 Å². The van der Waals surface area contributed by atoms with Gasteiger partial charge in [0.05, 0.1) is 11.5 Å². The van der Waals surface area contributed by atoms with Crippen molar-refractivity contribution in [1.82, 2.24) is 10.6 Å². The van der Waals surface area contributed by atoms with Crippen LogP contribution >= 0.6 is 0 Å². The number of nitrogens with zero attached hydrogens (tertiary/aromatic N) is 1. The molecule has 0 radical (unpaired) electrons. The molecular formula is C15H19N3O6. The second-order valence-corrected chi connectivity index (χ2v) is 5.45. The first kappa shape index (κ1) is 19.1. The summed E-state index contributed by atoms with van der Waals surface area (Å²) in [6.07, 6.45) is -0.0608. The fourth-order valence-electron chi connectivity index (χ4n) is 1.99. The number of amides is 2. The second kappa shape index (κ2) is 8.61. The van der Waals surface area contributed by atoms with Crippen LogP contribution in [0.2, 0.25) is 0 Å². The number of carboxylic acid groups (broad SMARTS) is 1. The Kier molecular flexibility index (Phi) is 6.84. The first-order valence-corrected chi connectivity index (χ1v) is 7.22. The van der Waals surface area contributed by atoms with Crippen LogP contribution in [0.5, 0.6) is 0 Å². The minimum atomic E-state index is -0.946. The Morgan fingerprint density at radius 3 is 2.50 bits per heavy atom. The molecule has 1 rings (SSSR count). The summed E-state index contributed by atoms with van der Waals surface area (Å²) in [4.78, 5) is 44.2. The SMILES string of the molecule is Cc1cc(C(=O)NCC(=O)NCC(C)CC(=O)O)ccc1[N+](=O)[O-]. The lowest BCUT2D eigenvalue weighted by Gasteiger charge is -2.11. The molecule has 9 heteroatoms. The van der Waals surface area contributed by atoms with Crippen molar-refractivity contribution >= 4 is 23.5 Å². The van der Waals surface area contributed by atoms with E-state index in [1.54, 1.807) is 6.92 Å². The monoisotopic (exact) mass is 337 g/mol. The van der Waals surface area contributed by atoms with Crippen molar-refractivity contribution in [1.29, 1.82) is 0 Å². The number of aryl methyl sites for hydroxylation is 1. The summed E-state index contributed by atoms with van der Waals surface area (Å²) in [6, 6.07) is 3.92. The summed E-state index contributed by atoms with van der Waals surface area (Å²) in [5, 5.41) is 24.3. The quantitative estimate of drug-likeness (QED) is 0.475. The highest BCUT2D eigenvalue weighted by Crippen LogP contribution is 2.18. The van der Waals surface area contributed by atoms with Crippen molar-refractivity contribution in [2.45, 2.75) is 20.3 Å². The average molecular weight is 337 g/mol. The molecule has 0 aliphatic rings. The minimum absolute atomic E-state index is 0.0608. The maximum Gasteiger partial charge on any atom is 0.303 e. The first-order valence-electron chi connectivity index (χ1n) is 7.22. The molecule has 0 saturated carbocycles. The van der Waals surface area contributed by atoms with Gasteiger partial charge in [0.1, 0.15) is 0 Å². The Labute approximate surface area is 138 Å². The van der Waals surface area contributed by atoms with E-state index < -0.39 is 22.7 Å². The topological polar surface area (TPSA) is 139 Å². The lowest BCUT2D eigenvalue weighted by atomic mass is 10.1. The molecule has 0 aliphatic carbocycles. The van der Waals surface area contributed by atoms with E-state index in [0.717, 1.165) is 0 Å². The van der Waals surface area contributed by atoms with E-state index >= 15 is 0 Å². The fraction of sp³-hybridized carbons (Fsp3) is 0.400. The maximum atomic E-state index is 11.9. The number of aliphatic carboxylic acids is 1. The first-order chi connectivity index (χ1) is 11.2. The van der Waals surface area contributed by atoms with Crippen LogP contribution in [-0.4, -0.2) is 40.9 Å². The number of hydrogen-bond acceptors (Lipinski definition) is 5. The molecule has 0 spiro atoms. The van der Waals surface area contributed by atoms with Crippen LogP contribution in [0.15, 0.2) is 18.2 Å². The Bertz CT molecular complexity index is 659. The van der Waals surface area contributed by atoms with Crippen molar-refractivity contribution in [3.63, 3.8) is 0 Å². The number of benzene rings is 1. The Morgan fingerprint density at radius 1 is 1.29 bits per heavy atom. The van der Waals surface area contributed by atoms with Crippen molar-refractivity contribution in [3.8, 4) is 0 Å². The molecule has 0 saturated heterocycles. The lowest BCUT2D eigenvalue weighted by Crippen LogP contribution is -2.38. The van der Waals surface area contributed by atoms with E-state index in [9.17, 15) is 24.5 Å². The van der Waals surface area contributed by atoms with Gasteiger partial charge >= 0.3 is 5.97 Å². The van der Waals surface area contributed by atoms with Crippen LogP contribution in [0.25, 0.3) is 0 Å². The van der Waals surface area contributed by atoms with Gasteiger partial charge in [-0.05, 0) is 25.0 Å². The number of carboxylic acids is 1. The Morgan fingerprint density at radius 2 is 1.96 bits per heavy atom. The van der Waals surface area contributed by atoms with Gasteiger partial charge in [0, 0.05) is 30.2 Å². The van der Waals surface area contributed by atoms with E-state index in [1.165, 1.54) is 25.1 Å². The molecule has 1 aromatic rings.